The van der Waals surface area contributed by atoms with Crippen molar-refractivity contribution in [2.24, 2.45) is 5.10 Å². The van der Waals surface area contributed by atoms with Gasteiger partial charge in [0.15, 0.2) is 0 Å². The third-order valence-corrected chi connectivity index (χ3v) is 5.70. The predicted octanol–water partition coefficient (Wildman–Crippen LogP) is 4.27. The monoisotopic (exact) mass is 393 g/mol. The summed E-state index contributed by atoms with van der Waals surface area (Å²) in [6.45, 7) is 3.67. The Bertz CT molecular complexity index is 923. The number of methoxy groups -OCH3 is 2. The average Bonchev–Trinajstić information content (AvgIpc) is 3.42. The van der Waals surface area contributed by atoms with Crippen LogP contribution in [0.25, 0.3) is 0 Å². The lowest BCUT2D eigenvalue weighted by atomic mass is 10.0. The number of nitrogens with zero attached hydrogens (tertiary/aromatic N) is 3. The number of carbonyl (C=O) groups excluding carboxylic acids is 1. The minimum atomic E-state index is -0.0157. The van der Waals surface area contributed by atoms with Crippen LogP contribution in [0.5, 0.6) is 11.5 Å². The molecular formula is C23H27N3O3. The Hall–Kier alpha value is -3.02. The summed E-state index contributed by atoms with van der Waals surface area (Å²) < 4.78 is 11.0. The summed E-state index contributed by atoms with van der Waals surface area (Å²) in [6.07, 6.45) is 2.87. The zero-order valence-corrected chi connectivity index (χ0v) is 17.2. The van der Waals surface area contributed by atoms with Crippen molar-refractivity contribution in [3.05, 3.63) is 53.6 Å². The third-order valence-electron chi connectivity index (χ3n) is 5.70. The Kier molecular flexibility index (Phi) is 5.43. The van der Waals surface area contributed by atoms with E-state index in [1.165, 1.54) is 0 Å². The lowest BCUT2D eigenvalue weighted by Crippen LogP contribution is -2.30. The van der Waals surface area contributed by atoms with Gasteiger partial charge in [-0.1, -0.05) is 0 Å². The van der Waals surface area contributed by atoms with E-state index in [1.807, 2.05) is 59.3 Å². The zero-order chi connectivity index (χ0) is 20.4. The summed E-state index contributed by atoms with van der Waals surface area (Å²) in [4.78, 5) is 15.2. The summed E-state index contributed by atoms with van der Waals surface area (Å²) in [5.74, 6) is 1.60. The normalized spacial score (nSPS) is 18.7. The van der Waals surface area contributed by atoms with E-state index in [-0.39, 0.29) is 11.9 Å². The highest BCUT2D eigenvalue weighted by molar-refractivity contribution is 5.95. The number of rotatable bonds is 5. The van der Waals surface area contributed by atoms with E-state index >= 15 is 0 Å². The van der Waals surface area contributed by atoms with Crippen molar-refractivity contribution in [3.8, 4) is 11.5 Å². The van der Waals surface area contributed by atoms with Crippen LogP contribution in [0.4, 0.5) is 5.69 Å². The van der Waals surface area contributed by atoms with Gasteiger partial charge in [0.2, 0.25) is 0 Å². The van der Waals surface area contributed by atoms with Gasteiger partial charge in [0.1, 0.15) is 11.5 Å². The molecule has 0 unspecified atom stereocenters. The molecule has 1 atom stereocenters. The van der Waals surface area contributed by atoms with Crippen LogP contribution in [-0.4, -0.2) is 43.8 Å². The van der Waals surface area contributed by atoms with E-state index in [0.29, 0.717) is 5.56 Å². The lowest BCUT2D eigenvalue weighted by Gasteiger charge is -2.27. The van der Waals surface area contributed by atoms with E-state index in [1.54, 1.807) is 14.2 Å². The van der Waals surface area contributed by atoms with Crippen molar-refractivity contribution >= 4 is 17.3 Å². The Morgan fingerprint density at radius 1 is 1.07 bits per heavy atom. The van der Waals surface area contributed by atoms with E-state index in [4.69, 9.17) is 9.47 Å². The van der Waals surface area contributed by atoms with Crippen molar-refractivity contribution in [1.29, 1.82) is 0 Å². The number of likely N-dealkylation sites (tertiary alicyclic amines) is 1. The molecule has 2 aliphatic heterocycles. The molecule has 0 radical (unpaired) electrons. The molecule has 4 rings (SSSR count). The molecule has 0 N–H and O–H groups in total. The minimum Gasteiger partial charge on any atom is -0.497 e. The first kappa shape index (κ1) is 19.3. The first-order valence-electron chi connectivity index (χ1n) is 10.1. The van der Waals surface area contributed by atoms with E-state index in [0.717, 1.165) is 60.8 Å². The van der Waals surface area contributed by atoms with Gasteiger partial charge in [-0.3, -0.25) is 9.80 Å². The van der Waals surface area contributed by atoms with Crippen molar-refractivity contribution < 1.29 is 14.3 Å². The Labute approximate surface area is 171 Å². The summed E-state index contributed by atoms with van der Waals surface area (Å²) >= 11 is 0. The molecule has 2 aromatic carbocycles. The number of carbonyl (C=O) groups is 1. The molecule has 1 saturated heterocycles. The fourth-order valence-corrected chi connectivity index (χ4v) is 4.14. The number of anilines is 1. The van der Waals surface area contributed by atoms with Gasteiger partial charge in [-0.25, -0.2) is 0 Å². The highest BCUT2D eigenvalue weighted by Crippen LogP contribution is 2.39. The van der Waals surface area contributed by atoms with Crippen LogP contribution in [0.3, 0.4) is 0 Å². The van der Waals surface area contributed by atoms with Crippen LogP contribution >= 0.6 is 0 Å². The lowest BCUT2D eigenvalue weighted by molar-refractivity contribution is 0.0734. The highest BCUT2D eigenvalue weighted by atomic mass is 16.5. The number of hydrogen-bond acceptors (Lipinski definition) is 5. The van der Waals surface area contributed by atoms with Crippen molar-refractivity contribution in [1.82, 2.24) is 4.90 Å². The molecule has 2 heterocycles. The van der Waals surface area contributed by atoms with Crippen LogP contribution in [0.15, 0.2) is 47.6 Å². The van der Waals surface area contributed by atoms with Crippen LogP contribution in [-0.2, 0) is 0 Å². The molecule has 1 amide bonds. The third kappa shape index (κ3) is 3.79. The number of amides is 1. The average molecular weight is 393 g/mol. The molecule has 0 spiro atoms. The summed E-state index contributed by atoms with van der Waals surface area (Å²) in [5.41, 5.74) is 3.85. The van der Waals surface area contributed by atoms with Crippen LogP contribution in [0, 0.1) is 0 Å². The molecule has 0 aliphatic carbocycles. The molecule has 152 valence electrons. The second-order valence-electron chi connectivity index (χ2n) is 7.52. The molecule has 2 aromatic rings. The second-order valence-corrected chi connectivity index (χ2v) is 7.52. The first-order chi connectivity index (χ1) is 14.1. The molecule has 2 aliphatic rings. The van der Waals surface area contributed by atoms with Gasteiger partial charge in [0, 0.05) is 36.3 Å². The summed E-state index contributed by atoms with van der Waals surface area (Å²) in [5, 5.41) is 6.52. The molecule has 0 bridgehead atoms. The van der Waals surface area contributed by atoms with Crippen LogP contribution in [0.1, 0.15) is 48.1 Å². The van der Waals surface area contributed by atoms with Gasteiger partial charge in [0.25, 0.3) is 5.91 Å². The first-order valence-corrected chi connectivity index (χ1v) is 10.1. The fourth-order valence-electron chi connectivity index (χ4n) is 4.14. The van der Waals surface area contributed by atoms with Gasteiger partial charge < -0.3 is 14.4 Å². The molecule has 6 heteroatoms. The maximum atomic E-state index is 13.3. The molecular weight excluding hydrogens is 366 g/mol. The molecule has 0 aromatic heterocycles. The molecule has 29 heavy (non-hydrogen) atoms. The molecule has 0 saturated carbocycles. The number of ether oxygens (including phenoxy) is 2. The number of hydrazone groups is 1. The zero-order valence-electron chi connectivity index (χ0n) is 17.2. The SMILES string of the molecule is COc1ccc(OC)c([C@@H]2CCCN2C(=O)c2ccc(N3CCC(C)=N3)cc2)c1. The van der Waals surface area contributed by atoms with Gasteiger partial charge in [-0.05, 0) is 62.2 Å². The highest BCUT2D eigenvalue weighted by Gasteiger charge is 2.32. The van der Waals surface area contributed by atoms with Gasteiger partial charge >= 0.3 is 0 Å². The van der Waals surface area contributed by atoms with E-state index < -0.39 is 0 Å². The Morgan fingerprint density at radius 2 is 1.86 bits per heavy atom. The second kappa shape index (κ2) is 8.15. The van der Waals surface area contributed by atoms with E-state index in [2.05, 4.69) is 5.10 Å². The van der Waals surface area contributed by atoms with Crippen LogP contribution in [0.2, 0.25) is 0 Å². The van der Waals surface area contributed by atoms with Crippen LogP contribution < -0.4 is 14.5 Å². The Balaban J connectivity index is 1.57. The maximum absolute atomic E-state index is 13.3. The molecule has 6 nitrogen and oxygen atoms in total. The summed E-state index contributed by atoms with van der Waals surface area (Å²) in [6, 6.07) is 13.5. The number of benzene rings is 2. The fraction of sp³-hybridized carbons (Fsp3) is 0.391. The smallest absolute Gasteiger partial charge is 0.254 e. The van der Waals surface area contributed by atoms with Crippen molar-refractivity contribution in [3.63, 3.8) is 0 Å². The summed E-state index contributed by atoms with van der Waals surface area (Å²) in [7, 11) is 3.31. The Morgan fingerprint density at radius 3 is 2.52 bits per heavy atom. The van der Waals surface area contributed by atoms with Gasteiger partial charge in [0.05, 0.1) is 25.9 Å². The van der Waals surface area contributed by atoms with Gasteiger partial charge in [-0.15, -0.1) is 0 Å². The van der Waals surface area contributed by atoms with E-state index in [9.17, 15) is 4.79 Å². The van der Waals surface area contributed by atoms with Crippen molar-refractivity contribution in [2.45, 2.75) is 32.2 Å². The maximum Gasteiger partial charge on any atom is 0.254 e. The number of hydrogen-bond donors (Lipinski definition) is 0. The topological polar surface area (TPSA) is 54.4 Å². The quantitative estimate of drug-likeness (QED) is 0.761. The standard InChI is InChI=1S/C23H27N3O3/c1-16-12-14-26(24-16)18-8-6-17(7-9-18)23(27)25-13-4-5-21(25)20-15-19(28-2)10-11-22(20)29-3/h6-11,15,21H,4-5,12-14H2,1-3H3/t21-/m0/s1. The van der Waals surface area contributed by atoms with Crippen molar-refractivity contribution in [2.75, 3.05) is 32.3 Å². The van der Waals surface area contributed by atoms with Gasteiger partial charge in [-0.2, -0.15) is 5.10 Å². The minimum absolute atomic E-state index is 0.0157. The largest absolute Gasteiger partial charge is 0.497 e. The predicted molar refractivity (Wildman–Crippen MR) is 114 cm³/mol. The molecule has 1 fully saturated rings.